The maximum absolute atomic E-state index is 12.1. The van der Waals surface area contributed by atoms with Crippen molar-refractivity contribution in [2.45, 2.75) is 24.9 Å². The van der Waals surface area contributed by atoms with Crippen LogP contribution in [0.3, 0.4) is 0 Å². The van der Waals surface area contributed by atoms with E-state index in [9.17, 15) is 8.42 Å². The number of aryl methyl sites for hydroxylation is 1. The molecule has 4 nitrogen and oxygen atoms in total. The van der Waals surface area contributed by atoms with E-state index in [0.29, 0.717) is 6.54 Å². The maximum atomic E-state index is 12.1. The van der Waals surface area contributed by atoms with Crippen molar-refractivity contribution in [3.05, 3.63) is 118 Å². The standard InChI is InChI=1S/C24H26N2O2S.ClH.Ru/c1-29(27,28)26-24(22-17-9-4-10-18-22)23(21-15-7-3-8-16-21)25-19-11-14-20-12-5-2-6-13-20;;/h2-10,12-13,15-18,23-24H,11,14,19H2,1H3;1H;/q-2;;+3/p-1/t23-,24-;;/m1../s1. The van der Waals surface area contributed by atoms with Gasteiger partial charge in [-0.1, -0.05) is 109 Å². The summed E-state index contributed by atoms with van der Waals surface area (Å²) in [5.74, 6) is 0. The van der Waals surface area contributed by atoms with Gasteiger partial charge in [-0.2, -0.15) is 0 Å². The molecule has 0 radical (unpaired) electrons. The SMILES string of the molecule is CS(=O)(=O)[N-][C@H](c1ccccc1)[C@H]([N-]CCCc1ccccc1)c1ccccc1.[Cl][Ru+2]. The molecule has 2 atom stereocenters. The zero-order valence-electron chi connectivity index (χ0n) is 17.3. The quantitative estimate of drug-likeness (QED) is 0.217. The third kappa shape index (κ3) is 9.22. The van der Waals surface area contributed by atoms with Crippen LogP contribution in [0.5, 0.6) is 0 Å². The minimum absolute atomic E-state index is 0.357. The molecule has 0 saturated heterocycles. The van der Waals surface area contributed by atoms with Crippen LogP contribution in [0.4, 0.5) is 0 Å². The van der Waals surface area contributed by atoms with Crippen molar-refractivity contribution in [1.82, 2.24) is 0 Å². The Morgan fingerprint density at radius 3 is 1.71 bits per heavy atom. The summed E-state index contributed by atoms with van der Waals surface area (Å²) in [4.78, 5) is 0. The van der Waals surface area contributed by atoms with Crippen LogP contribution in [-0.2, 0) is 33.8 Å². The molecule has 0 fully saturated rings. The first-order chi connectivity index (χ1) is 15.0. The van der Waals surface area contributed by atoms with Crippen LogP contribution in [0.1, 0.15) is 35.2 Å². The number of sulfonamides is 1. The van der Waals surface area contributed by atoms with E-state index in [1.54, 1.807) is 0 Å². The fourth-order valence-corrected chi connectivity index (χ4v) is 4.00. The molecule has 7 heteroatoms. The van der Waals surface area contributed by atoms with Crippen molar-refractivity contribution in [3.8, 4) is 0 Å². The van der Waals surface area contributed by atoms with Gasteiger partial charge in [0, 0.05) is 6.26 Å². The summed E-state index contributed by atoms with van der Waals surface area (Å²) in [5.41, 5.74) is 3.09. The Bertz CT molecular complexity index is 974. The van der Waals surface area contributed by atoms with Gasteiger partial charge in [0.25, 0.3) is 0 Å². The topological polar surface area (TPSA) is 62.3 Å². The Balaban J connectivity index is 0.00000166. The molecule has 0 aromatic heterocycles. The van der Waals surface area contributed by atoms with E-state index in [4.69, 9.17) is 5.32 Å². The van der Waals surface area contributed by atoms with Crippen LogP contribution in [0, 0.1) is 0 Å². The van der Waals surface area contributed by atoms with Crippen LogP contribution in [0.15, 0.2) is 91.0 Å². The van der Waals surface area contributed by atoms with Crippen molar-refractivity contribution in [1.29, 1.82) is 0 Å². The summed E-state index contributed by atoms with van der Waals surface area (Å²) in [5, 5.41) is 4.91. The van der Waals surface area contributed by atoms with E-state index in [1.165, 1.54) is 5.56 Å². The normalized spacial score (nSPS) is 13.0. The van der Waals surface area contributed by atoms with Gasteiger partial charge >= 0.3 is 27.0 Å². The molecule has 0 amide bonds. The first-order valence-electron chi connectivity index (χ1n) is 9.89. The fraction of sp³-hybridized carbons (Fsp3) is 0.250. The van der Waals surface area contributed by atoms with Crippen molar-refractivity contribution >= 4 is 19.7 Å². The monoisotopic (exact) mass is 543 g/mol. The molecule has 0 spiro atoms. The number of nitrogens with zero attached hydrogens (tertiary/aromatic N) is 2. The van der Waals surface area contributed by atoms with Gasteiger partial charge in [-0.25, -0.2) is 8.42 Å². The molecule has 0 saturated carbocycles. The number of hydrogen-bond donors (Lipinski definition) is 0. The van der Waals surface area contributed by atoms with E-state index >= 15 is 0 Å². The number of benzene rings is 3. The van der Waals surface area contributed by atoms with E-state index in [2.05, 4.69) is 26.5 Å². The van der Waals surface area contributed by atoms with Crippen LogP contribution < -0.4 is 0 Å². The molecule has 3 aromatic carbocycles. The third-order valence-electron chi connectivity index (χ3n) is 4.68. The number of halogens is 1. The van der Waals surface area contributed by atoms with Crippen LogP contribution in [-0.4, -0.2) is 21.2 Å². The Morgan fingerprint density at radius 1 is 0.774 bits per heavy atom. The fourth-order valence-electron chi connectivity index (χ4n) is 3.35. The summed E-state index contributed by atoms with van der Waals surface area (Å²) in [6.07, 6.45) is 2.97. The average molecular weight is 543 g/mol. The van der Waals surface area contributed by atoms with Gasteiger partial charge in [0.1, 0.15) is 0 Å². The summed E-state index contributed by atoms with van der Waals surface area (Å²) in [7, 11) is 1.04. The van der Waals surface area contributed by atoms with Gasteiger partial charge < -0.3 is 10.0 Å². The summed E-state index contributed by atoms with van der Waals surface area (Å²) in [6.45, 7) is 0.636. The Labute approximate surface area is 200 Å². The Kier molecular flexibility index (Phi) is 11.4. The van der Waals surface area contributed by atoms with Crippen molar-refractivity contribution in [3.63, 3.8) is 0 Å². The van der Waals surface area contributed by atoms with Gasteiger partial charge in [0.05, 0.1) is 10.0 Å². The van der Waals surface area contributed by atoms with Crippen LogP contribution in [0.2, 0.25) is 0 Å². The van der Waals surface area contributed by atoms with Gasteiger partial charge in [-0.3, -0.25) is 0 Å². The van der Waals surface area contributed by atoms with Gasteiger partial charge in [-0.15, -0.1) is 18.6 Å². The Morgan fingerprint density at radius 2 is 1.23 bits per heavy atom. The second-order valence-electron chi connectivity index (χ2n) is 7.04. The summed E-state index contributed by atoms with van der Waals surface area (Å²) in [6, 6.07) is 28.7. The molecule has 0 unspecified atom stereocenters. The molecule has 0 aliphatic heterocycles. The molecule has 3 rings (SSSR count). The van der Waals surface area contributed by atoms with Crippen LogP contribution in [0.25, 0.3) is 10.0 Å². The van der Waals surface area contributed by atoms with E-state index in [-0.39, 0.29) is 6.04 Å². The van der Waals surface area contributed by atoms with Crippen molar-refractivity contribution in [2.75, 3.05) is 12.8 Å². The molecule has 3 aromatic rings. The molecule has 165 valence electrons. The molecule has 0 aliphatic carbocycles. The molecule has 0 N–H and O–H groups in total. The average Bonchev–Trinajstić information content (AvgIpc) is 2.80. The molecule has 0 bridgehead atoms. The first kappa shape index (κ1) is 25.7. The van der Waals surface area contributed by atoms with Gasteiger partial charge in [0.15, 0.2) is 0 Å². The van der Waals surface area contributed by atoms with E-state index < -0.39 is 16.1 Å². The molecule has 0 heterocycles. The molecule has 0 aliphatic rings. The Hall–Kier alpha value is -1.56. The third-order valence-corrected chi connectivity index (χ3v) is 5.29. The number of hydrogen-bond acceptors (Lipinski definition) is 2. The number of rotatable bonds is 10. The zero-order valence-corrected chi connectivity index (χ0v) is 20.6. The van der Waals surface area contributed by atoms with Gasteiger partial charge in [-0.05, 0) is 12.0 Å². The first-order valence-corrected chi connectivity index (χ1v) is 14.0. The molecular formula is C24H26ClN2O2RuS. The second-order valence-corrected chi connectivity index (χ2v) is 8.72. The minimum atomic E-state index is -3.53. The van der Waals surface area contributed by atoms with E-state index in [0.717, 1.165) is 30.2 Å². The van der Waals surface area contributed by atoms with Crippen molar-refractivity contribution < 1.29 is 25.7 Å². The predicted molar refractivity (Wildman–Crippen MR) is 125 cm³/mol. The molecule has 31 heavy (non-hydrogen) atoms. The summed E-state index contributed by atoms with van der Waals surface area (Å²) >= 11 is 1.82. The summed E-state index contributed by atoms with van der Waals surface area (Å²) < 4.78 is 28.3. The molecular weight excluding hydrogens is 517 g/mol. The van der Waals surface area contributed by atoms with Gasteiger partial charge in [0.2, 0.25) is 0 Å². The van der Waals surface area contributed by atoms with Crippen molar-refractivity contribution in [2.24, 2.45) is 0 Å². The second kappa shape index (κ2) is 13.8. The van der Waals surface area contributed by atoms with Crippen LogP contribution >= 0.6 is 9.69 Å². The zero-order chi connectivity index (χ0) is 22.5. The van der Waals surface area contributed by atoms with E-state index in [1.807, 2.05) is 96.2 Å². The predicted octanol–water partition coefficient (Wildman–Crippen LogP) is 6.50.